The number of aliphatic hydroxyl groups is 1. The summed E-state index contributed by atoms with van der Waals surface area (Å²) in [5, 5.41) is 18.6. The van der Waals surface area contributed by atoms with Crippen LogP contribution in [0.2, 0.25) is 0 Å². The third-order valence-electron chi connectivity index (χ3n) is 7.16. The third-order valence-corrected chi connectivity index (χ3v) is 8.45. The molecule has 1 N–H and O–H groups in total. The zero-order valence-corrected chi connectivity index (χ0v) is 22.4. The van der Waals surface area contributed by atoms with Crippen molar-refractivity contribution in [3.8, 4) is 0 Å². The molecule has 0 radical (unpaired) electrons. The molecule has 0 aromatic rings. The van der Waals surface area contributed by atoms with E-state index in [0.29, 0.717) is 6.42 Å². The van der Waals surface area contributed by atoms with E-state index >= 15 is 0 Å². The van der Waals surface area contributed by atoms with Crippen molar-refractivity contribution in [3.63, 3.8) is 0 Å². The Bertz CT molecular complexity index is 999. The molecule has 0 aromatic heterocycles. The number of allylic oxidation sites excluding steroid dienone is 5. The Balaban J connectivity index is 2.02. The summed E-state index contributed by atoms with van der Waals surface area (Å²) < 4.78 is 5.25. The van der Waals surface area contributed by atoms with Crippen molar-refractivity contribution in [2.75, 3.05) is 6.61 Å². The van der Waals surface area contributed by atoms with E-state index < -0.39 is 62.2 Å². The molecule has 1 heterocycles. The fraction of sp³-hybridized carbons (Fsp3) is 0.625. The number of esters is 1. The van der Waals surface area contributed by atoms with Crippen LogP contribution in [0.5, 0.6) is 0 Å². The number of rotatable bonds is 6. The predicted octanol–water partition coefficient (Wildman–Crippen LogP) is 3.14. The number of hydrogen-bond donors (Lipinski definition) is 3. The van der Waals surface area contributed by atoms with Crippen molar-refractivity contribution in [3.05, 3.63) is 46.6 Å². The first-order valence-electron chi connectivity index (χ1n) is 11.7. The van der Waals surface area contributed by atoms with Gasteiger partial charge in [0.25, 0.3) is 5.09 Å². The number of nitrogens with zero attached hydrogens (tertiary/aromatic N) is 1. The molecule has 3 aliphatic rings. The highest BCUT2D eigenvalue weighted by Crippen LogP contribution is 2.52. The number of thiol groups is 2. The van der Waals surface area contributed by atoms with E-state index in [2.05, 4.69) is 30.1 Å². The number of halogens is 1. The monoisotopic (exact) mass is 559 g/mol. The van der Waals surface area contributed by atoms with Gasteiger partial charge in [-0.15, -0.1) is 34.3 Å². The smallest absolute Gasteiger partial charge is 0.327 e. The molecule has 9 nitrogen and oxygen atoms in total. The number of ketones is 2. The fourth-order valence-electron chi connectivity index (χ4n) is 5.51. The van der Waals surface area contributed by atoms with Crippen molar-refractivity contribution >= 4 is 54.4 Å². The number of hydrogen-bond acceptors (Lipinski definition) is 10. The van der Waals surface area contributed by atoms with Gasteiger partial charge in [0.2, 0.25) is 0 Å². The summed E-state index contributed by atoms with van der Waals surface area (Å²) in [5.74, 6) is -4.19. The first-order valence-corrected chi connectivity index (χ1v) is 13.1. The lowest BCUT2D eigenvalue weighted by atomic mass is 9.56. The molecule has 1 saturated carbocycles. The van der Waals surface area contributed by atoms with Crippen molar-refractivity contribution in [2.45, 2.75) is 54.3 Å². The third kappa shape index (κ3) is 6.00. The zero-order valence-electron chi connectivity index (χ0n) is 19.9. The number of alkyl halides is 1. The van der Waals surface area contributed by atoms with Crippen LogP contribution >= 0.6 is 36.9 Å². The van der Waals surface area contributed by atoms with E-state index in [1.54, 1.807) is 25.2 Å². The molecule has 9 atom stereocenters. The van der Waals surface area contributed by atoms with E-state index in [9.17, 15) is 29.6 Å². The van der Waals surface area contributed by atoms with Crippen LogP contribution in [-0.4, -0.2) is 55.5 Å². The van der Waals surface area contributed by atoms with E-state index in [1.165, 1.54) is 0 Å². The predicted molar refractivity (Wildman–Crippen MR) is 138 cm³/mol. The van der Waals surface area contributed by atoms with E-state index in [4.69, 9.17) is 16.3 Å². The summed E-state index contributed by atoms with van der Waals surface area (Å²) >= 11 is 15.1. The van der Waals surface area contributed by atoms with Crippen molar-refractivity contribution in [1.82, 2.24) is 0 Å². The molecular weight excluding hydrogens is 530 g/mol. The molecule has 0 saturated heterocycles. The molecule has 12 heteroatoms. The summed E-state index contributed by atoms with van der Waals surface area (Å²) in [7, 11) is 0. The summed E-state index contributed by atoms with van der Waals surface area (Å²) in [6.45, 7) is 2.88. The lowest BCUT2D eigenvalue weighted by Crippen LogP contribution is -2.59. The van der Waals surface area contributed by atoms with Gasteiger partial charge in [-0.05, 0) is 49.5 Å². The van der Waals surface area contributed by atoms with Crippen molar-refractivity contribution in [1.29, 1.82) is 0 Å². The Kier molecular flexibility index (Phi) is 9.01. The van der Waals surface area contributed by atoms with Gasteiger partial charge < -0.3 is 14.7 Å². The molecule has 1 aliphatic heterocycles. The average Bonchev–Trinajstić information content (AvgIpc) is 2.81. The maximum atomic E-state index is 13.9. The molecule has 2 aliphatic carbocycles. The van der Waals surface area contributed by atoms with Crippen LogP contribution in [0.25, 0.3) is 0 Å². The molecule has 2 bridgehead atoms. The number of ether oxygens (including phenoxy) is 1. The lowest BCUT2D eigenvalue weighted by molar-refractivity contribution is -0.760. The van der Waals surface area contributed by atoms with Crippen LogP contribution in [0.3, 0.4) is 0 Å². The van der Waals surface area contributed by atoms with Crippen LogP contribution in [-0.2, 0) is 24.0 Å². The normalized spacial score (nSPS) is 40.1. The lowest BCUT2D eigenvalue weighted by Gasteiger charge is -2.49. The number of carbonyl (C=O) groups is 3. The zero-order chi connectivity index (χ0) is 26.8. The molecule has 3 rings (SSSR count). The van der Waals surface area contributed by atoms with Gasteiger partial charge >= 0.3 is 5.97 Å². The Morgan fingerprint density at radius 3 is 2.56 bits per heavy atom. The topological polar surface area (TPSA) is 133 Å². The Morgan fingerprint density at radius 2 is 1.92 bits per heavy atom. The fourth-order valence-corrected chi connectivity index (χ4v) is 6.55. The molecule has 0 amide bonds. The van der Waals surface area contributed by atoms with Gasteiger partial charge in [-0.2, -0.15) is 12.6 Å². The SMILES string of the molecule is CC[C@H]1[C@@H]2C(=O)C3(Cl)C[C@H](/C=C\C=C\[C@H](C)OC(=O)[C@@H](S)C3=O)[C@@H]2C=C[C@@H]1C[C@](O)(S)CO[N+](=O)[O-]. The van der Waals surface area contributed by atoms with E-state index in [0.717, 1.165) is 0 Å². The summed E-state index contributed by atoms with van der Waals surface area (Å²) in [4.78, 5) is 51.0. The quantitative estimate of drug-likeness (QED) is 0.0660. The number of carbonyl (C=O) groups excluding carboxylic acids is 3. The second-order valence-electron chi connectivity index (χ2n) is 9.62. The Hall–Kier alpha value is -1.82. The first kappa shape index (κ1) is 28.7. The Labute approximate surface area is 225 Å². The molecule has 36 heavy (non-hydrogen) atoms. The Morgan fingerprint density at radius 1 is 1.25 bits per heavy atom. The molecule has 0 spiro atoms. The number of cyclic esters (lactones) is 1. The van der Waals surface area contributed by atoms with Crippen LogP contribution in [0.1, 0.15) is 33.1 Å². The van der Waals surface area contributed by atoms with Crippen molar-refractivity contribution in [2.24, 2.45) is 29.6 Å². The molecule has 1 unspecified atom stereocenters. The summed E-state index contributed by atoms with van der Waals surface area (Å²) in [6.07, 6.45) is 10.7. The molecule has 1 fully saturated rings. The van der Waals surface area contributed by atoms with Gasteiger partial charge in [-0.1, -0.05) is 43.7 Å². The van der Waals surface area contributed by atoms with Crippen LogP contribution in [0.4, 0.5) is 0 Å². The minimum Gasteiger partial charge on any atom is -0.457 e. The van der Waals surface area contributed by atoms with Gasteiger partial charge in [0.15, 0.2) is 21.7 Å². The molecule has 0 aromatic carbocycles. The summed E-state index contributed by atoms with van der Waals surface area (Å²) in [5.41, 5.74) is 0. The van der Waals surface area contributed by atoms with Gasteiger partial charge in [-0.3, -0.25) is 14.4 Å². The molecule has 198 valence electrons. The van der Waals surface area contributed by atoms with Crippen molar-refractivity contribution < 1.29 is 34.2 Å². The number of fused-ring (bicyclic) bond motifs is 4. The first-order chi connectivity index (χ1) is 16.8. The van der Waals surface area contributed by atoms with Crippen LogP contribution in [0.15, 0.2) is 36.5 Å². The van der Waals surface area contributed by atoms with Gasteiger partial charge in [0.05, 0.1) is 0 Å². The van der Waals surface area contributed by atoms with Gasteiger partial charge in [0.1, 0.15) is 17.6 Å². The second-order valence-corrected chi connectivity index (χ2v) is 11.6. The summed E-state index contributed by atoms with van der Waals surface area (Å²) in [6, 6.07) is 0. The standard InChI is InChI=1S/C24H30ClNO8S2/c1-3-16-15(10-23(30,36)12-33-26(31)32)8-9-17-14-7-5-4-6-13(2)34-22(29)19(35)21(28)24(25,11-14)20(27)18(16)17/h4-9,13-19,30,35-36H,3,10-12H2,1-2H3/b6-4+,7-5-/t13-,14-,15+,16+,17-,18-,19-,23-,24?/m0/s1. The van der Waals surface area contributed by atoms with Gasteiger partial charge in [-0.25, -0.2) is 0 Å². The van der Waals surface area contributed by atoms with E-state index in [-0.39, 0.29) is 30.6 Å². The largest absolute Gasteiger partial charge is 0.457 e. The minimum atomic E-state index is -1.98. The highest BCUT2D eigenvalue weighted by atomic mass is 35.5. The highest BCUT2D eigenvalue weighted by molar-refractivity contribution is 7.82. The van der Waals surface area contributed by atoms with Gasteiger partial charge in [0, 0.05) is 5.92 Å². The highest BCUT2D eigenvalue weighted by Gasteiger charge is 2.59. The molecular formula is C24H30ClNO8S2. The maximum absolute atomic E-state index is 13.9. The second kappa shape index (κ2) is 11.3. The van der Waals surface area contributed by atoms with Crippen LogP contribution < -0.4 is 0 Å². The maximum Gasteiger partial charge on any atom is 0.327 e. The average molecular weight is 560 g/mol. The van der Waals surface area contributed by atoms with E-state index in [1.807, 2.05) is 25.2 Å². The van der Waals surface area contributed by atoms with Crippen LogP contribution in [0, 0.1) is 39.7 Å². The minimum absolute atomic E-state index is 0.00373. The number of Topliss-reactive ketones (excluding diaryl/α,β-unsaturated/α-hetero) is 2.